The first-order valence-corrected chi connectivity index (χ1v) is 6.34. The number of amides is 1. The van der Waals surface area contributed by atoms with E-state index in [0.717, 1.165) is 6.07 Å². The molecule has 1 aliphatic rings. The van der Waals surface area contributed by atoms with Gasteiger partial charge in [0, 0.05) is 24.5 Å². The first-order valence-electron chi connectivity index (χ1n) is 6.34. The monoisotopic (exact) mass is 277 g/mol. The van der Waals surface area contributed by atoms with Gasteiger partial charge in [-0.25, -0.2) is 4.39 Å². The molecule has 0 unspecified atom stereocenters. The highest BCUT2D eigenvalue weighted by Gasteiger charge is 2.36. The quantitative estimate of drug-likeness (QED) is 0.856. The zero-order valence-electron chi connectivity index (χ0n) is 11.2. The van der Waals surface area contributed by atoms with Crippen molar-refractivity contribution in [3.05, 3.63) is 29.1 Å². The average molecular weight is 277 g/mol. The first kappa shape index (κ1) is 14.4. The molecule has 1 saturated heterocycles. The number of nitrogens with zero attached hydrogens (tertiary/aromatic N) is 1. The summed E-state index contributed by atoms with van der Waals surface area (Å²) in [5.74, 6) is -0.907. The number of nitrogens with two attached hydrogens (primary N) is 1. The number of hydrogen-bond acceptors (Lipinski definition) is 4. The van der Waals surface area contributed by atoms with Gasteiger partial charge in [0.25, 0.3) is 0 Å². The van der Waals surface area contributed by atoms with Gasteiger partial charge >= 0.3 is 0 Å². The van der Waals surface area contributed by atoms with Crippen LogP contribution >= 0.6 is 0 Å². The molecule has 20 heavy (non-hydrogen) atoms. The van der Waals surface area contributed by atoms with Crippen molar-refractivity contribution in [3.63, 3.8) is 0 Å². The van der Waals surface area contributed by atoms with E-state index >= 15 is 0 Å². The highest BCUT2D eigenvalue weighted by Crippen LogP contribution is 2.24. The third kappa shape index (κ3) is 2.79. The van der Waals surface area contributed by atoms with Crippen molar-refractivity contribution in [3.8, 4) is 6.07 Å². The molecule has 1 aromatic rings. The van der Waals surface area contributed by atoms with E-state index in [1.807, 2.05) is 6.07 Å². The standard InChI is InChI=1S/C14H16FN3O2/c1-9-11(15)6-10(8-16)7-12(9)18-13(19)14(17)2-4-20-5-3-14/h6-7H,2-5,17H2,1H3,(H,18,19). The lowest BCUT2D eigenvalue weighted by Gasteiger charge is -2.32. The molecule has 6 heteroatoms. The van der Waals surface area contributed by atoms with Crippen LogP contribution in [0, 0.1) is 24.1 Å². The Morgan fingerprint density at radius 3 is 2.75 bits per heavy atom. The number of halogens is 1. The minimum Gasteiger partial charge on any atom is -0.381 e. The molecule has 0 spiro atoms. The van der Waals surface area contributed by atoms with Gasteiger partial charge in [0.2, 0.25) is 5.91 Å². The maximum atomic E-state index is 13.7. The predicted molar refractivity (Wildman–Crippen MR) is 71.5 cm³/mol. The van der Waals surface area contributed by atoms with Gasteiger partial charge in [-0.2, -0.15) is 5.26 Å². The molecule has 0 aliphatic carbocycles. The first-order chi connectivity index (χ1) is 9.46. The normalized spacial score (nSPS) is 17.3. The van der Waals surface area contributed by atoms with E-state index in [-0.39, 0.29) is 22.7 Å². The van der Waals surface area contributed by atoms with Crippen molar-refractivity contribution < 1.29 is 13.9 Å². The number of rotatable bonds is 2. The molecule has 106 valence electrons. The predicted octanol–water partition coefficient (Wildman–Crippen LogP) is 1.45. The van der Waals surface area contributed by atoms with E-state index in [1.165, 1.54) is 6.07 Å². The minimum atomic E-state index is -1.01. The second-order valence-electron chi connectivity index (χ2n) is 4.97. The van der Waals surface area contributed by atoms with E-state index in [1.54, 1.807) is 6.92 Å². The maximum absolute atomic E-state index is 13.7. The Bertz CT molecular complexity index is 575. The van der Waals surface area contributed by atoms with Gasteiger partial charge < -0.3 is 15.8 Å². The highest BCUT2D eigenvalue weighted by molar-refractivity contribution is 5.98. The van der Waals surface area contributed by atoms with Gasteiger partial charge in [-0.3, -0.25) is 4.79 Å². The topological polar surface area (TPSA) is 88.1 Å². The molecule has 3 N–H and O–H groups in total. The smallest absolute Gasteiger partial charge is 0.244 e. The van der Waals surface area contributed by atoms with E-state index < -0.39 is 11.4 Å². The zero-order valence-corrected chi connectivity index (χ0v) is 11.2. The summed E-state index contributed by atoms with van der Waals surface area (Å²) in [7, 11) is 0. The van der Waals surface area contributed by atoms with Crippen molar-refractivity contribution in [2.45, 2.75) is 25.3 Å². The fourth-order valence-electron chi connectivity index (χ4n) is 2.08. The molecule has 0 radical (unpaired) electrons. The minimum absolute atomic E-state index is 0.154. The van der Waals surface area contributed by atoms with Crippen molar-refractivity contribution >= 4 is 11.6 Å². The number of anilines is 1. The Morgan fingerprint density at radius 2 is 2.15 bits per heavy atom. The molecule has 0 atom stereocenters. The van der Waals surface area contributed by atoms with Crippen LogP contribution in [0.2, 0.25) is 0 Å². The molecule has 1 amide bonds. The molecular formula is C14H16FN3O2. The van der Waals surface area contributed by atoms with Crippen molar-refractivity contribution in [1.82, 2.24) is 0 Å². The van der Waals surface area contributed by atoms with Crippen LogP contribution in [0.4, 0.5) is 10.1 Å². The molecule has 1 fully saturated rings. The molecule has 1 heterocycles. The second kappa shape index (κ2) is 5.57. The summed E-state index contributed by atoms with van der Waals surface area (Å²) in [5.41, 5.74) is 5.77. The highest BCUT2D eigenvalue weighted by atomic mass is 19.1. The van der Waals surface area contributed by atoms with Crippen LogP contribution in [-0.2, 0) is 9.53 Å². The van der Waals surface area contributed by atoms with Crippen molar-refractivity contribution in [2.75, 3.05) is 18.5 Å². The van der Waals surface area contributed by atoms with Crippen molar-refractivity contribution in [1.29, 1.82) is 5.26 Å². The number of nitriles is 1. The Morgan fingerprint density at radius 1 is 1.50 bits per heavy atom. The summed E-state index contributed by atoms with van der Waals surface area (Å²) in [6.45, 7) is 2.39. The van der Waals surface area contributed by atoms with Crippen LogP contribution < -0.4 is 11.1 Å². The third-order valence-electron chi connectivity index (χ3n) is 3.56. The van der Waals surface area contributed by atoms with Crippen LogP contribution in [0.3, 0.4) is 0 Å². The van der Waals surface area contributed by atoms with Crippen molar-refractivity contribution in [2.24, 2.45) is 5.73 Å². The Kier molecular flexibility index (Phi) is 4.02. The van der Waals surface area contributed by atoms with E-state index in [4.69, 9.17) is 15.7 Å². The lowest BCUT2D eigenvalue weighted by molar-refractivity contribution is -0.124. The van der Waals surface area contributed by atoms with E-state index in [9.17, 15) is 9.18 Å². The zero-order chi connectivity index (χ0) is 14.8. The third-order valence-corrected chi connectivity index (χ3v) is 3.56. The Hall–Kier alpha value is -1.97. The van der Waals surface area contributed by atoms with Crippen LogP contribution in [-0.4, -0.2) is 24.7 Å². The largest absolute Gasteiger partial charge is 0.381 e. The summed E-state index contributed by atoms with van der Waals surface area (Å²) in [6.07, 6.45) is 0.830. The van der Waals surface area contributed by atoms with Gasteiger partial charge in [-0.1, -0.05) is 0 Å². The molecule has 1 aromatic carbocycles. The van der Waals surface area contributed by atoms with Gasteiger partial charge in [0.1, 0.15) is 11.4 Å². The second-order valence-corrected chi connectivity index (χ2v) is 4.97. The number of nitrogens with one attached hydrogen (secondary N) is 1. The molecule has 0 bridgehead atoms. The fourth-order valence-corrected chi connectivity index (χ4v) is 2.08. The molecule has 5 nitrogen and oxygen atoms in total. The Labute approximate surface area is 116 Å². The lowest BCUT2D eigenvalue weighted by Crippen LogP contribution is -2.54. The average Bonchev–Trinajstić information content (AvgIpc) is 2.44. The molecule has 0 aromatic heterocycles. The van der Waals surface area contributed by atoms with Gasteiger partial charge in [0.15, 0.2) is 0 Å². The summed E-state index contributed by atoms with van der Waals surface area (Å²) in [4.78, 5) is 12.3. The van der Waals surface area contributed by atoms with Crippen LogP contribution in [0.1, 0.15) is 24.0 Å². The number of benzene rings is 1. The molecule has 2 rings (SSSR count). The van der Waals surface area contributed by atoms with Gasteiger partial charge in [-0.05, 0) is 31.9 Å². The fraction of sp³-hybridized carbons (Fsp3) is 0.429. The number of ether oxygens (including phenoxy) is 1. The van der Waals surface area contributed by atoms with Crippen LogP contribution in [0.15, 0.2) is 12.1 Å². The number of hydrogen-bond donors (Lipinski definition) is 2. The summed E-state index contributed by atoms with van der Waals surface area (Å²) in [6, 6.07) is 4.44. The maximum Gasteiger partial charge on any atom is 0.244 e. The van der Waals surface area contributed by atoms with E-state index in [2.05, 4.69) is 5.32 Å². The SMILES string of the molecule is Cc1c(F)cc(C#N)cc1NC(=O)C1(N)CCOCC1. The van der Waals surface area contributed by atoms with Gasteiger partial charge in [0.05, 0.1) is 11.6 Å². The molecule has 0 saturated carbocycles. The molecular weight excluding hydrogens is 261 g/mol. The van der Waals surface area contributed by atoms with Gasteiger partial charge in [-0.15, -0.1) is 0 Å². The van der Waals surface area contributed by atoms with E-state index in [0.29, 0.717) is 26.1 Å². The van der Waals surface area contributed by atoms with Crippen LogP contribution in [0.5, 0.6) is 0 Å². The number of carbonyl (C=O) groups is 1. The van der Waals surface area contributed by atoms with Crippen LogP contribution in [0.25, 0.3) is 0 Å². The lowest BCUT2D eigenvalue weighted by atomic mass is 9.90. The summed E-state index contributed by atoms with van der Waals surface area (Å²) >= 11 is 0. The number of carbonyl (C=O) groups excluding carboxylic acids is 1. The Balaban J connectivity index is 2.23. The molecule has 1 aliphatic heterocycles. The summed E-state index contributed by atoms with van der Waals surface area (Å²) < 4.78 is 18.8. The summed E-state index contributed by atoms with van der Waals surface area (Å²) in [5, 5.41) is 11.5.